The Morgan fingerprint density at radius 2 is 1.80 bits per heavy atom. The molecular weight excluding hydrogens is 372 g/mol. The first-order chi connectivity index (χ1) is 14.5. The zero-order valence-corrected chi connectivity index (χ0v) is 17.4. The second-order valence-electron chi connectivity index (χ2n) is 7.62. The van der Waals surface area contributed by atoms with Crippen LogP contribution in [0.1, 0.15) is 45.1 Å². The SMILES string of the molecule is Cc1cc(C(=O)C[C@H](c2ccc(-c3cn(C)nn3)cc2)c2ccccc2C)ccn1. The number of aromatic nitrogens is 4. The van der Waals surface area contributed by atoms with E-state index >= 15 is 0 Å². The standard InChI is InChI=1S/C25H24N4O/c1-17-6-4-5-7-22(17)23(15-25(30)21-12-13-26-18(2)14-21)19-8-10-20(11-9-19)24-16-29(3)28-27-24/h4-14,16,23H,15H2,1-3H3/t23-/m1/s1. The van der Waals surface area contributed by atoms with Gasteiger partial charge in [0.05, 0.1) is 6.20 Å². The normalized spacial score (nSPS) is 12.0. The fraction of sp³-hybridized carbons (Fsp3) is 0.200. The molecule has 4 rings (SSSR count). The van der Waals surface area contributed by atoms with Crippen LogP contribution in [0.25, 0.3) is 11.3 Å². The molecule has 1 atom stereocenters. The maximum Gasteiger partial charge on any atom is 0.163 e. The molecule has 0 amide bonds. The number of benzene rings is 2. The van der Waals surface area contributed by atoms with Crippen molar-refractivity contribution < 1.29 is 4.79 Å². The summed E-state index contributed by atoms with van der Waals surface area (Å²) in [6.07, 6.45) is 3.99. The van der Waals surface area contributed by atoms with Gasteiger partial charge in [-0.1, -0.05) is 53.7 Å². The van der Waals surface area contributed by atoms with Crippen LogP contribution in [0.2, 0.25) is 0 Å². The third kappa shape index (κ3) is 4.20. The fourth-order valence-corrected chi connectivity index (χ4v) is 3.77. The van der Waals surface area contributed by atoms with Gasteiger partial charge >= 0.3 is 0 Å². The van der Waals surface area contributed by atoms with Crippen molar-refractivity contribution in [2.45, 2.75) is 26.2 Å². The third-order valence-electron chi connectivity index (χ3n) is 5.38. The zero-order valence-electron chi connectivity index (χ0n) is 17.4. The number of ketones is 1. The van der Waals surface area contributed by atoms with Gasteiger partial charge in [0.25, 0.3) is 0 Å². The van der Waals surface area contributed by atoms with Crippen molar-refractivity contribution in [3.05, 3.63) is 101 Å². The summed E-state index contributed by atoms with van der Waals surface area (Å²) in [6.45, 7) is 4.00. The summed E-state index contributed by atoms with van der Waals surface area (Å²) in [6, 6.07) is 20.2. The van der Waals surface area contributed by atoms with Gasteiger partial charge in [-0.3, -0.25) is 14.5 Å². The Balaban J connectivity index is 1.69. The highest BCUT2D eigenvalue weighted by Gasteiger charge is 2.21. The summed E-state index contributed by atoms with van der Waals surface area (Å²) in [7, 11) is 1.85. The van der Waals surface area contributed by atoms with Gasteiger partial charge < -0.3 is 0 Å². The smallest absolute Gasteiger partial charge is 0.163 e. The molecule has 5 nitrogen and oxygen atoms in total. The van der Waals surface area contributed by atoms with Gasteiger partial charge in [-0.15, -0.1) is 5.10 Å². The summed E-state index contributed by atoms with van der Waals surface area (Å²) in [4.78, 5) is 17.3. The lowest BCUT2D eigenvalue weighted by atomic mass is 9.83. The highest BCUT2D eigenvalue weighted by atomic mass is 16.1. The van der Waals surface area contributed by atoms with Crippen molar-refractivity contribution in [1.82, 2.24) is 20.0 Å². The van der Waals surface area contributed by atoms with Crippen molar-refractivity contribution in [3.63, 3.8) is 0 Å². The quantitative estimate of drug-likeness (QED) is 0.435. The molecule has 30 heavy (non-hydrogen) atoms. The molecule has 2 aromatic heterocycles. The second-order valence-corrected chi connectivity index (χ2v) is 7.62. The second kappa shape index (κ2) is 8.41. The Labute approximate surface area is 176 Å². The van der Waals surface area contributed by atoms with E-state index in [2.05, 4.69) is 46.5 Å². The molecule has 0 saturated carbocycles. The van der Waals surface area contributed by atoms with Crippen LogP contribution in [0.15, 0.2) is 73.1 Å². The largest absolute Gasteiger partial charge is 0.294 e. The lowest BCUT2D eigenvalue weighted by Gasteiger charge is -2.20. The molecule has 0 unspecified atom stereocenters. The van der Waals surface area contributed by atoms with Crippen LogP contribution in [0.5, 0.6) is 0 Å². The fourth-order valence-electron chi connectivity index (χ4n) is 3.77. The number of carbonyl (C=O) groups excluding carboxylic acids is 1. The summed E-state index contributed by atoms with van der Waals surface area (Å²) in [5.74, 6) is 0.0924. The highest BCUT2D eigenvalue weighted by molar-refractivity contribution is 5.96. The maximum absolute atomic E-state index is 13.1. The minimum atomic E-state index is -0.0249. The molecule has 2 aromatic carbocycles. The predicted octanol–water partition coefficient (Wildman–Crippen LogP) is 4.90. The van der Waals surface area contributed by atoms with Gasteiger partial charge in [-0.2, -0.15) is 0 Å². The highest BCUT2D eigenvalue weighted by Crippen LogP contribution is 2.32. The van der Waals surface area contributed by atoms with E-state index in [4.69, 9.17) is 0 Å². The molecule has 0 bridgehead atoms. The van der Waals surface area contributed by atoms with Crippen molar-refractivity contribution in [2.75, 3.05) is 0 Å². The Morgan fingerprint density at radius 3 is 2.47 bits per heavy atom. The van der Waals surface area contributed by atoms with E-state index in [-0.39, 0.29) is 11.7 Å². The predicted molar refractivity (Wildman–Crippen MR) is 117 cm³/mol. The van der Waals surface area contributed by atoms with Gasteiger partial charge in [0.15, 0.2) is 5.78 Å². The van der Waals surface area contributed by atoms with Crippen molar-refractivity contribution in [2.24, 2.45) is 7.05 Å². The monoisotopic (exact) mass is 396 g/mol. The van der Waals surface area contributed by atoms with Crippen LogP contribution in [0.3, 0.4) is 0 Å². The van der Waals surface area contributed by atoms with Gasteiger partial charge in [-0.25, -0.2) is 0 Å². The zero-order chi connectivity index (χ0) is 21.1. The lowest BCUT2D eigenvalue weighted by Crippen LogP contribution is -2.11. The van der Waals surface area contributed by atoms with Crippen LogP contribution in [0, 0.1) is 13.8 Å². The number of pyridine rings is 1. The number of rotatable bonds is 6. The number of hydrogen-bond acceptors (Lipinski definition) is 4. The summed E-state index contributed by atoms with van der Waals surface area (Å²) >= 11 is 0. The number of nitrogens with zero attached hydrogens (tertiary/aromatic N) is 4. The molecular formula is C25H24N4O. The molecule has 0 spiro atoms. The van der Waals surface area contributed by atoms with Gasteiger partial charge in [0.1, 0.15) is 5.69 Å². The van der Waals surface area contributed by atoms with Crippen LogP contribution >= 0.6 is 0 Å². The summed E-state index contributed by atoms with van der Waals surface area (Å²) in [5, 5.41) is 8.19. The van der Waals surface area contributed by atoms with Crippen molar-refractivity contribution in [1.29, 1.82) is 0 Å². The molecule has 0 aliphatic heterocycles. The molecule has 150 valence electrons. The average molecular weight is 396 g/mol. The number of carbonyl (C=O) groups is 1. The molecule has 5 heteroatoms. The number of hydrogen-bond donors (Lipinski definition) is 0. The minimum absolute atomic E-state index is 0.0249. The molecule has 0 N–H and O–H groups in total. The molecule has 4 aromatic rings. The molecule has 0 aliphatic rings. The molecule has 0 saturated heterocycles. The number of Topliss-reactive ketones (excluding diaryl/α,β-unsaturated/α-hetero) is 1. The van der Waals surface area contributed by atoms with E-state index in [0.717, 1.165) is 22.5 Å². The van der Waals surface area contributed by atoms with E-state index in [9.17, 15) is 4.79 Å². The Hall–Kier alpha value is -3.60. The first-order valence-electron chi connectivity index (χ1n) is 9.99. The molecule has 0 fully saturated rings. The van der Waals surface area contributed by atoms with Crippen molar-refractivity contribution >= 4 is 5.78 Å². The van der Waals surface area contributed by atoms with E-state index in [0.29, 0.717) is 12.0 Å². The van der Waals surface area contributed by atoms with E-state index in [1.807, 2.05) is 50.5 Å². The van der Waals surface area contributed by atoms with E-state index < -0.39 is 0 Å². The Kier molecular flexibility index (Phi) is 5.53. The Bertz CT molecular complexity index is 1180. The first-order valence-corrected chi connectivity index (χ1v) is 9.99. The van der Waals surface area contributed by atoms with E-state index in [1.54, 1.807) is 16.9 Å². The van der Waals surface area contributed by atoms with Gasteiger partial charge in [0, 0.05) is 42.4 Å². The average Bonchev–Trinajstić information content (AvgIpc) is 3.19. The summed E-state index contributed by atoms with van der Waals surface area (Å²) in [5.41, 5.74) is 6.85. The minimum Gasteiger partial charge on any atom is -0.294 e. The third-order valence-corrected chi connectivity index (χ3v) is 5.38. The van der Waals surface area contributed by atoms with Gasteiger partial charge in [0.2, 0.25) is 0 Å². The maximum atomic E-state index is 13.1. The van der Waals surface area contributed by atoms with Gasteiger partial charge in [-0.05, 0) is 42.7 Å². The summed E-state index contributed by atoms with van der Waals surface area (Å²) < 4.78 is 1.69. The van der Waals surface area contributed by atoms with Crippen molar-refractivity contribution in [3.8, 4) is 11.3 Å². The van der Waals surface area contributed by atoms with Crippen LogP contribution < -0.4 is 0 Å². The molecule has 0 aliphatic carbocycles. The van der Waals surface area contributed by atoms with E-state index in [1.165, 1.54) is 11.1 Å². The lowest BCUT2D eigenvalue weighted by molar-refractivity contribution is 0.0977. The topological polar surface area (TPSA) is 60.7 Å². The van der Waals surface area contributed by atoms with Crippen LogP contribution in [0.4, 0.5) is 0 Å². The molecule has 2 heterocycles. The number of aryl methyl sites for hydroxylation is 3. The van der Waals surface area contributed by atoms with Crippen LogP contribution in [-0.4, -0.2) is 25.8 Å². The van der Waals surface area contributed by atoms with Crippen LogP contribution in [-0.2, 0) is 7.05 Å². The molecule has 0 radical (unpaired) electrons. The Morgan fingerprint density at radius 1 is 1.03 bits per heavy atom. The first kappa shape index (κ1) is 19.7.